The number of rotatable bonds is 7. The van der Waals surface area contributed by atoms with Gasteiger partial charge in [0.15, 0.2) is 0 Å². The Balaban J connectivity index is 1.32. The van der Waals surface area contributed by atoms with E-state index in [1.165, 1.54) is 11.8 Å². The summed E-state index contributed by atoms with van der Waals surface area (Å²) in [5.74, 6) is -0.534. The number of nitrogens with one attached hydrogen (secondary N) is 2. The molecule has 2 heterocycles. The summed E-state index contributed by atoms with van der Waals surface area (Å²) < 4.78 is 8.76. The zero-order chi connectivity index (χ0) is 27.0. The van der Waals surface area contributed by atoms with Crippen LogP contribution in [0.5, 0.6) is 0 Å². The fourth-order valence-electron chi connectivity index (χ4n) is 5.44. The van der Waals surface area contributed by atoms with Gasteiger partial charge in [-0.15, -0.1) is 5.10 Å². The van der Waals surface area contributed by atoms with E-state index in [4.69, 9.17) is 4.74 Å². The summed E-state index contributed by atoms with van der Waals surface area (Å²) >= 11 is 0. The number of carboxylic acid groups (broad SMARTS) is 1. The van der Waals surface area contributed by atoms with Crippen LogP contribution in [0.2, 0.25) is 0 Å². The van der Waals surface area contributed by atoms with E-state index in [0.717, 1.165) is 43.5 Å². The predicted octanol–water partition coefficient (Wildman–Crippen LogP) is 4.03. The number of carbonyl (C=O) groups excluding carboxylic acids is 1. The normalized spacial score (nSPS) is 23.2. The average molecular weight is 522 g/mol. The Morgan fingerprint density at radius 1 is 1.16 bits per heavy atom. The van der Waals surface area contributed by atoms with Crippen LogP contribution in [0, 0.1) is 0 Å². The van der Waals surface area contributed by atoms with E-state index >= 15 is 0 Å². The molecule has 4 unspecified atom stereocenters. The summed E-state index contributed by atoms with van der Waals surface area (Å²) in [6, 6.07) is 8.31. The minimum absolute atomic E-state index is 0.0196. The molecule has 2 aromatic heterocycles. The molecule has 0 saturated heterocycles. The third-order valence-corrected chi connectivity index (χ3v) is 7.22. The quantitative estimate of drug-likeness (QED) is 0.397. The van der Waals surface area contributed by atoms with Crippen molar-refractivity contribution in [3.8, 4) is 5.69 Å². The fourth-order valence-corrected chi connectivity index (χ4v) is 5.44. The summed E-state index contributed by atoms with van der Waals surface area (Å²) in [7, 11) is 1.82. The molecule has 5 rings (SSSR count). The highest BCUT2D eigenvalue weighted by molar-refractivity contribution is 5.89. The zero-order valence-corrected chi connectivity index (χ0v) is 22.2. The summed E-state index contributed by atoms with van der Waals surface area (Å²) in [4.78, 5) is 24.1. The van der Waals surface area contributed by atoms with Crippen LogP contribution >= 0.6 is 0 Å². The van der Waals surface area contributed by atoms with Gasteiger partial charge in [0.25, 0.3) is 0 Å². The number of hydrazine groups is 1. The zero-order valence-electron chi connectivity index (χ0n) is 22.2. The highest BCUT2D eigenvalue weighted by atomic mass is 16.6. The molecular weight excluding hydrogens is 486 g/mol. The maximum Gasteiger partial charge on any atom is 0.422 e. The maximum atomic E-state index is 12.1. The third kappa shape index (κ3) is 5.72. The van der Waals surface area contributed by atoms with E-state index in [2.05, 4.69) is 38.4 Å². The lowest BCUT2D eigenvalue weighted by molar-refractivity contribution is 0.0480. The lowest BCUT2D eigenvalue weighted by atomic mass is 9.81. The number of amides is 1. The average Bonchev–Trinajstić information content (AvgIpc) is 3.31. The lowest BCUT2D eigenvalue weighted by Gasteiger charge is -2.30. The minimum Gasteiger partial charge on any atom is -0.478 e. The van der Waals surface area contributed by atoms with Gasteiger partial charge in [0.1, 0.15) is 11.2 Å². The first-order valence-electron chi connectivity index (χ1n) is 13.1. The molecule has 202 valence electrons. The molecule has 11 heteroatoms. The van der Waals surface area contributed by atoms with Gasteiger partial charge in [-0.05, 0) is 70.1 Å². The number of aromatic carboxylic acids is 1. The number of carboxylic acids is 1. The Hall–Kier alpha value is -3.73. The summed E-state index contributed by atoms with van der Waals surface area (Å²) in [6.07, 6.45) is 7.55. The Labute approximate surface area is 221 Å². The molecule has 0 spiro atoms. The van der Waals surface area contributed by atoms with Gasteiger partial charge in [-0.3, -0.25) is 10.1 Å². The first kappa shape index (κ1) is 25.9. The minimum atomic E-state index is -0.981. The molecule has 2 aliphatic rings. The Bertz CT molecular complexity index is 1320. The molecule has 0 radical (unpaired) electrons. The first-order valence-corrected chi connectivity index (χ1v) is 13.1. The Kier molecular flexibility index (Phi) is 6.95. The second-order valence-electron chi connectivity index (χ2n) is 11.4. The second-order valence-corrected chi connectivity index (χ2v) is 11.4. The van der Waals surface area contributed by atoms with E-state index in [1.807, 2.05) is 46.1 Å². The maximum absolute atomic E-state index is 12.1. The van der Waals surface area contributed by atoms with Crippen molar-refractivity contribution in [2.24, 2.45) is 7.05 Å². The molecular formula is C27H35N7O4. The largest absolute Gasteiger partial charge is 0.478 e. The monoisotopic (exact) mass is 521 g/mol. The van der Waals surface area contributed by atoms with Crippen molar-refractivity contribution >= 4 is 12.1 Å². The molecule has 4 atom stereocenters. The van der Waals surface area contributed by atoms with Gasteiger partial charge in [0.05, 0.1) is 23.3 Å². The predicted molar refractivity (Wildman–Crippen MR) is 139 cm³/mol. The third-order valence-electron chi connectivity index (χ3n) is 7.22. The van der Waals surface area contributed by atoms with Crippen molar-refractivity contribution in [1.29, 1.82) is 0 Å². The van der Waals surface area contributed by atoms with Crippen LogP contribution in [-0.2, 0) is 11.8 Å². The summed E-state index contributed by atoms with van der Waals surface area (Å²) in [6.45, 7) is 5.50. The molecule has 2 saturated carbocycles. The van der Waals surface area contributed by atoms with Gasteiger partial charge >= 0.3 is 12.1 Å². The molecule has 3 aromatic rings. The molecule has 11 nitrogen and oxygen atoms in total. The molecule has 38 heavy (non-hydrogen) atoms. The summed E-state index contributed by atoms with van der Waals surface area (Å²) in [5.41, 5.74) is 9.09. The van der Waals surface area contributed by atoms with Crippen molar-refractivity contribution in [2.45, 2.75) is 82.3 Å². The number of nitrogens with zero attached hydrogens (tertiary/aromatic N) is 5. The van der Waals surface area contributed by atoms with Crippen molar-refractivity contribution in [2.75, 3.05) is 0 Å². The number of hydrogen-bond donors (Lipinski definition) is 3. The summed E-state index contributed by atoms with van der Waals surface area (Å²) in [5, 5.41) is 22.6. The molecule has 3 N–H and O–H groups in total. The van der Waals surface area contributed by atoms with Crippen LogP contribution < -0.4 is 10.9 Å². The fraction of sp³-hybridized carbons (Fsp3) is 0.519. The number of aromatic nitrogens is 5. The lowest BCUT2D eigenvalue weighted by Crippen LogP contribution is -2.47. The van der Waals surface area contributed by atoms with E-state index < -0.39 is 17.7 Å². The van der Waals surface area contributed by atoms with E-state index in [9.17, 15) is 14.7 Å². The number of hydrogen-bond acceptors (Lipinski definition) is 7. The SMILES string of the molecule is Cn1cc(C2CC2c2c(C(=O)O)cnn2-c2cccc(C3CCCC(NNC(=O)OC(C)(C)C)C3)c2)nn1. The molecule has 1 aromatic carbocycles. The van der Waals surface area contributed by atoms with Crippen LogP contribution in [0.25, 0.3) is 5.69 Å². The molecule has 2 fully saturated rings. The van der Waals surface area contributed by atoms with Gasteiger partial charge in [0, 0.05) is 31.1 Å². The van der Waals surface area contributed by atoms with Gasteiger partial charge in [-0.25, -0.2) is 19.7 Å². The van der Waals surface area contributed by atoms with Crippen molar-refractivity contribution in [3.05, 3.63) is 59.2 Å². The van der Waals surface area contributed by atoms with Crippen LogP contribution in [0.3, 0.4) is 0 Å². The number of aryl methyl sites for hydroxylation is 1. The van der Waals surface area contributed by atoms with Crippen LogP contribution in [0.1, 0.15) is 97.9 Å². The highest BCUT2D eigenvalue weighted by Gasteiger charge is 2.46. The smallest absolute Gasteiger partial charge is 0.422 e. The van der Waals surface area contributed by atoms with Gasteiger partial charge < -0.3 is 9.84 Å². The van der Waals surface area contributed by atoms with E-state index in [0.29, 0.717) is 11.6 Å². The molecule has 2 aliphatic carbocycles. The van der Waals surface area contributed by atoms with Crippen LogP contribution in [0.15, 0.2) is 36.7 Å². The Morgan fingerprint density at radius 3 is 2.68 bits per heavy atom. The van der Waals surface area contributed by atoms with Gasteiger partial charge in [0.2, 0.25) is 0 Å². The van der Waals surface area contributed by atoms with Crippen LogP contribution in [-0.4, -0.2) is 53.6 Å². The van der Waals surface area contributed by atoms with Crippen molar-refractivity contribution < 1.29 is 19.4 Å². The number of ether oxygens (including phenoxy) is 1. The topological polar surface area (TPSA) is 136 Å². The molecule has 0 aliphatic heterocycles. The second kappa shape index (κ2) is 10.2. The van der Waals surface area contributed by atoms with Crippen molar-refractivity contribution in [3.63, 3.8) is 0 Å². The van der Waals surface area contributed by atoms with Crippen molar-refractivity contribution in [1.82, 2.24) is 35.6 Å². The standard InChI is InChI=1S/C27H35N7O4/c1-27(2,3)38-26(37)31-29-18-9-5-7-16(11-18)17-8-6-10-19(12-17)34-24(22(14-28-34)25(35)36)21-13-20(21)23-15-33(4)32-30-23/h6,8,10,12,14-16,18,20-21,29H,5,7,9,11,13H2,1-4H3,(H,31,37)(H,35,36). The first-order chi connectivity index (χ1) is 18.1. The number of benzene rings is 1. The number of carbonyl (C=O) groups is 2. The van der Waals surface area contributed by atoms with Gasteiger partial charge in [-0.2, -0.15) is 5.10 Å². The van der Waals surface area contributed by atoms with E-state index in [1.54, 1.807) is 9.36 Å². The highest BCUT2D eigenvalue weighted by Crippen LogP contribution is 2.55. The molecule has 0 bridgehead atoms. The van der Waals surface area contributed by atoms with E-state index in [-0.39, 0.29) is 23.4 Å². The Morgan fingerprint density at radius 2 is 1.97 bits per heavy atom. The van der Waals surface area contributed by atoms with Crippen LogP contribution in [0.4, 0.5) is 4.79 Å². The molecule has 1 amide bonds. The van der Waals surface area contributed by atoms with Gasteiger partial charge in [-0.1, -0.05) is 23.8 Å².